The molecular formula is C46H94. The molecule has 278 valence electrons. The molecule has 0 N–H and O–H groups in total. The van der Waals surface area contributed by atoms with Crippen LogP contribution in [0.1, 0.15) is 244 Å². The molecule has 0 aromatic rings. The lowest BCUT2D eigenvalue weighted by molar-refractivity contribution is 0.147. The van der Waals surface area contributed by atoms with Crippen molar-refractivity contribution in [1.29, 1.82) is 0 Å². The van der Waals surface area contributed by atoms with Crippen LogP contribution >= 0.6 is 0 Å². The van der Waals surface area contributed by atoms with E-state index in [9.17, 15) is 0 Å². The third kappa shape index (κ3) is 22.6. The quantitative estimate of drug-likeness (QED) is 0.0728. The predicted octanol–water partition coefficient (Wildman–Crippen LogP) is 16.9. The normalized spacial score (nSPS) is 17.4. The highest BCUT2D eigenvalue weighted by molar-refractivity contribution is 4.81. The van der Waals surface area contributed by atoms with Crippen LogP contribution in [0.15, 0.2) is 0 Å². The summed E-state index contributed by atoms with van der Waals surface area (Å²) >= 11 is 0. The average Bonchev–Trinajstić information content (AvgIpc) is 2.97. The van der Waals surface area contributed by atoms with Crippen molar-refractivity contribution in [3.05, 3.63) is 0 Å². The van der Waals surface area contributed by atoms with Crippen LogP contribution in [0, 0.1) is 52.3 Å². The first-order valence-corrected chi connectivity index (χ1v) is 21.8. The molecule has 7 unspecified atom stereocenters. The number of hydrogen-bond acceptors (Lipinski definition) is 0. The van der Waals surface area contributed by atoms with Gasteiger partial charge in [-0.05, 0) is 90.8 Å². The first-order chi connectivity index (χ1) is 21.8. The molecule has 0 heterocycles. The maximum Gasteiger partial charge on any atom is -0.0358 e. The summed E-state index contributed by atoms with van der Waals surface area (Å²) in [6.07, 6.45) is 34.4. The van der Waals surface area contributed by atoms with Gasteiger partial charge in [-0.3, -0.25) is 0 Å². The zero-order valence-corrected chi connectivity index (χ0v) is 35.0. The minimum absolute atomic E-state index is 0.470. The molecule has 0 amide bonds. The highest BCUT2D eigenvalue weighted by Gasteiger charge is 2.30. The third-order valence-corrected chi connectivity index (χ3v) is 11.9. The largest absolute Gasteiger partial charge is 0.0654 e. The fourth-order valence-corrected chi connectivity index (χ4v) is 9.40. The van der Waals surface area contributed by atoms with Gasteiger partial charge in [0.25, 0.3) is 0 Å². The van der Waals surface area contributed by atoms with Crippen molar-refractivity contribution >= 4 is 0 Å². The average molecular weight is 647 g/mol. The number of hydrogen-bond donors (Lipinski definition) is 0. The van der Waals surface area contributed by atoms with Gasteiger partial charge in [0.05, 0.1) is 0 Å². The molecule has 0 fully saturated rings. The Morgan fingerprint density at radius 2 is 0.717 bits per heavy atom. The molecule has 0 aromatic heterocycles. The molecule has 0 aliphatic heterocycles. The van der Waals surface area contributed by atoms with Crippen LogP contribution in [0.4, 0.5) is 0 Å². The van der Waals surface area contributed by atoms with Crippen molar-refractivity contribution in [1.82, 2.24) is 0 Å². The molecule has 0 rings (SSSR count). The molecule has 0 saturated heterocycles. The fraction of sp³-hybridized carbons (Fsp3) is 1.00. The molecule has 0 aromatic carbocycles. The Balaban J connectivity index is 5.72. The number of rotatable bonds is 30. The van der Waals surface area contributed by atoms with Crippen molar-refractivity contribution < 1.29 is 0 Å². The van der Waals surface area contributed by atoms with Crippen molar-refractivity contribution in [2.24, 2.45) is 52.3 Å². The van der Waals surface area contributed by atoms with Crippen molar-refractivity contribution in [2.75, 3.05) is 0 Å². The van der Waals surface area contributed by atoms with Crippen LogP contribution in [0.3, 0.4) is 0 Å². The van der Waals surface area contributed by atoms with Crippen LogP contribution < -0.4 is 0 Å². The van der Waals surface area contributed by atoms with E-state index in [1.54, 1.807) is 0 Å². The molecule has 0 heteroatoms. The molecule has 0 radical (unpaired) electrons. The van der Waals surface area contributed by atoms with E-state index >= 15 is 0 Å². The zero-order chi connectivity index (χ0) is 35.0. The molecule has 0 nitrogen and oxygen atoms in total. The SMILES string of the molecule is CCCC(CCC(CCC)C(CCC)C(CCC)CCCC(CCC)C(CCC)CC(CCC)CCC(C)(C)C)CCC(C)(C)C. The van der Waals surface area contributed by atoms with Gasteiger partial charge in [-0.1, -0.05) is 206 Å². The summed E-state index contributed by atoms with van der Waals surface area (Å²) in [6, 6.07) is 0. The minimum Gasteiger partial charge on any atom is -0.0654 e. The molecule has 0 aliphatic rings. The third-order valence-electron chi connectivity index (χ3n) is 11.9. The van der Waals surface area contributed by atoms with Gasteiger partial charge in [-0.25, -0.2) is 0 Å². The second-order valence-corrected chi connectivity index (χ2v) is 18.9. The summed E-state index contributed by atoms with van der Waals surface area (Å²) in [4.78, 5) is 0. The van der Waals surface area contributed by atoms with E-state index < -0.39 is 0 Å². The van der Waals surface area contributed by atoms with E-state index in [4.69, 9.17) is 0 Å². The standard InChI is InChI=1S/C46H94/c1-14-22-38(33-35-45(8,9)10)31-32-42(26-18-5)44(28-20-7)41(25-17-4)30-21-29-40(24-16-3)43(27-19-6)37-39(23-15-2)34-36-46(11,12)13/h38-44H,14-37H2,1-13H3. The van der Waals surface area contributed by atoms with Crippen molar-refractivity contribution in [2.45, 2.75) is 244 Å². The Morgan fingerprint density at radius 3 is 1.20 bits per heavy atom. The van der Waals surface area contributed by atoms with Crippen LogP contribution in [0.2, 0.25) is 0 Å². The Labute approximate surface area is 295 Å². The second-order valence-electron chi connectivity index (χ2n) is 18.9. The van der Waals surface area contributed by atoms with Gasteiger partial charge in [-0.15, -0.1) is 0 Å². The smallest absolute Gasteiger partial charge is 0.0358 e. The Hall–Kier alpha value is 0. The van der Waals surface area contributed by atoms with Crippen molar-refractivity contribution in [3.8, 4) is 0 Å². The first kappa shape index (κ1) is 46.0. The van der Waals surface area contributed by atoms with Gasteiger partial charge in [0.15, 0.2) is 0 Å². The maximum atomic E-state index is 2.47. The molecule has 0 saturated carbocycles. The summed E-state index contributed by atoms with van der Waals surface area (Å²) in [6.45, 7) is 31.8. The highest BCUT2D eigenvalue weighted by Crippen LogP contribution is 2.41. The monoisotopic (exact) mass is 647 g/mol. The van der Waals surface area contributed by atoms with Crippen molar-refractivity contribution in [3.63, 3.8) is 0 Å². The van der Waals surface area contributed by atoms with Crippen LogP contribution in [-0.4, -0.2) is 0 Å². The Kier molecular flexibility index (Phi) is 26.8. The summed E-state index contributed by atoms with van der Waals surface area (Å²) in [7, 11) is 0. The van der Waals surface area contributed by atoms with Crippen LogP contribution in [-0.2, 0) is 0 Å². The van der Waals surface area contributed by atoms with Gasteiger partial charge in [-0.2, -0.15) is 0 Å². The second kappa shape index (κ2) is 26.8. The Morgan fingerprint density at radius 1 is 0.326 bits per heavy atom. The van der Waals surface area contributed by atoms with Gasteiger partial charge < -0.3 is 0 Å². The molecule has 46 heavy (non-hydrogen) atoms. The van der Waals surface area contributed by atoms with E-state index in [1.165, 1.54) is 154 Å². The molecule has 7 atom stereocenters. The summed E-state index contributed by atoms with van der Waals surface area (Å²) in [5.74, 6) is 6.65. The van der Waals surface area contributed by atoms with E-state index in [-0.39, 0.29) is 0 Å². The zero-order valence-electron chi connectivity index (χ0n) is 35.0. The van der Waals surface area contributed by atoms with Gasteiger partial charge >= 0.3 is 0 Å². The molecule has 0 bridgehead atoms. The maximum absolute atomic E-state index is 2.47. The lowest BCUT2D eigenvalue weighted by Gasteiger charge is -2.36. The van der Waals surface area contributed by atoms with E-state index in [2.05, 4.69) is 90.0 Å². The summed E-state index contributed by atoms with van der Waals surface area (Å²) in [5.41, 5.74) is 0.943. The Bertz CT molecular complexity index is 646. The highest BCUT2D eigenvalue weighted by atomic mass is 14.4. The minimum atomic E-state index is 0.470. The molecular weight excluding hydrogens is 553 g/mol. The fourth-order valence-electron chi connectivity index (χ4n) is 9.40. The lowest BCUT2D eigenvalue weighted by atomic mass is 9.69. The predicted molar refractivity (Wildman–Crippen MR) is 214 cm³/mol. The van der Waals surface area contributed by atoms with Crippen LogP contribution in [0.5, 0.6) is 0 Å². The topological polar surface area (TPSA) is 0 Å². The molecule has 0 spiro atoms. The van der Waals surface area contributed by atoms with Gasteiger partial charge in [0, 0.05) is 0 Å². The van der Waals surface area contributed by atoms with Gasteiger partial charge in [0.2, 0.25) is 0 Å². The van der Waals surface area contributed by atoms with Crippen LogP contribution in [0.25, 0.3) is 0 Å². The van der Waals surface area contributed by atoms with E-state index in [0.717, 1.165) is 41.4 Å². The first-order valence-electron chi connectivity index (χ1n) is 21.8. The van der Waals surface area contributed by atoms with E-state index in [0.29, 0.717) is 10.8 Å². The lowest BCUT2D eigenvalue weighted by Crippen LogP contribution is -2.26. The van der Waals surface area contributed by atoms with E-state index in [1.807, 2.05) is 0 Å². The summed E-state index contributed by atoms with van der Waals surface area (Å²) < 4.78 is 0. The van der Waals surface area contributed by atoms with Gasteiger partial charge in [0.1, 0.15) is 0 Å². The summed E-state index contributed by atoms with van der Waals surface area (Å²) in [5, 5.41) is 0. The molecule has 0 aliphatic carbocycles.